The van der Waals surface area contributed by atoms with Gasteiger partial charge < -0.3 is 10.1 Å². The van der Waals surface area contributed by atoms with E-state index in [0.29, 0.717) is 0 Å². The molecule has 0 atom stereocenters. The smallest absolute Gasteiger partial charge is 0.107 e. The van der Waals surface area contributed by atoms with E-state index in [1.54, 1.807) is 18.4 Å². The third kappa shape index (κ3) is 3.15. The summed E-state index contributed by atoms with van der Waals surface area (Å²) in [7, 11) is 3.67. The molecule has 2 aromatic heterocycles. The van der Waals surface area contributed by atoms with Gasteiger partial charge in [0.2, 0.25) is 0 Å². The summed E-state index contributed by atoms with van der Waals surface area (Å²) >= 11 is 1.72. The van der Waals surface area contributed by atoms with Gasteiger partial charge in [0.05, 0.1) is 11.5 Å². The zero-order chi connectivity index (χ0) is 12.1. The standard InChI is InChI=1S/C12H17N3OS/c1-15-9-10(8-13-5-6-16-2)12(14-15)11-4-3-7-17-11/h3-4,7,9,13H,5-6,8H2,1-2H3. The van der Waals surface area contributed by atoms with Gasteiger partial charge >= 0.3 is 0 Å². The summed E-state index contributed by atoms with van der Waals surface area (Å²) in [6.07, 6.45) is 2.06. The van der Waals surface area contributed by atoms with Crippen LogP contribution in [-0.2, 0) is 18.3 Å². The van der Waals surface area contributed by atoms with Gasteiger partial charge in [-0.1, -0.05) is 6.07 Å². The summed E-state index contributed by atoms with van der Waals surface area (Å²) in [6, 6.07) is 4.16. The van der Waals surface area contributed by atoms with Crippen molar-refractivity contribution >= 4 is 11.3 Å². The van der Waals surface area contributed by atoms with Crippen LogP contribution in [0, 0.1) is 0 Å². The maximum absolute atomic E-state index is 5.01. The van der Waals surface area contributed by atoms with E-state index >= 15 is 0 Å². The van der Waals surface area contributed by atoms with Gasteiger partial charge in [0, 0.05) is 39.0 Å². The van der Waals surface area contributed by atoms with Crippen LogP contribution in [-0.4, -0.2) is 30.0 Å². The molecule has 0 aliphatic rings. The molecule has 92 valence electrons. The van der Waals surface area contributed by atoms with Gasteiger partial charge in [0.25, 0.3) is 0 Å². The highest BCUT2D eigenvalue weighted by Crippen LogP contribution is 2.26. The van der Waals surface area contributed by atoms with Crippen molar-refractivity contribution in [3.63, 3.8) is 0 Å². The normalized spacial score (nSPS) is 10.9. The maximum atomic E-state index is 5.01. The molecule has 0 bridgehead atoms. The predicted molar refractivity (Wildman–Crippen MR) is 70.1 cm³/mol. The van der Waals surface area contributed by atoms with Gasteiger partial charge in [-0.3, -0.25) is 4.68 Å². The van der Waals surface area contributed by atoms with Gasteiger partial charge in [-0.2, -0.15) is 5.10 Å². The average Bonchev–Trinajstić information content (AvgIpc) is 2.93. The van der Waals surface area contributed by atoms with Crippen molar-refractivity contribution in [2.24, 2.45) is 7.05 Å². The highest BCUT2D eigenvalue weighted by atomic mass is 32.1. The van der Waals surface area contributed by atoms with Crippen molar-refractivity contribution in [1.29, 1.82) is 0 Å². The number of thiophene rings is 1. The summed E-state index contributed by atoms with van der Waals surface area (Å²) in [6.45, 7) is 2.41. The van der Waals surface area contributed by atoms with Crippen LogP contribution in [0.1, 0.15) is 5.56 Å². The zero-order valence-corrected chi connectivity index (χ0v) is 11.0. The molecule has 2 rings (SSSR count). The molecule has 0 unspecified atom stereocenters. The van der Waals surface area contributed by atoms with E-state index in [1.165, 1.54) is 10.4 Å². The number of nitrogens with one attached hydrogen (secondary N) is 1. The molecule has 2 heterocycles. The minimum atomic E-state index is 0.731. The molecule has 1 N–H and O–H groups in total. The lowest BCUT2D eigenvalue weighted by molar-refractivity contribution is 0.199. The molecule has 4 nitrogen and oxygen atoms in total. The summed E-state index contributed by atoms with van der Waals surface area (Å²) in [5.41, 5.74) is 2.30. The number of nitrogens with zero attached hydrogens (tertiary/aromatic N) is 2. The molecule has 0 spiro atoms. The Bertz CT molecular complexity index is 450. The van der Waals surface area contributed by atoms with E-state index in [9.17, 15) is 0 Å². The van der Waals surface area contributed by atoms with E-state index in [2.05, 4.69) is 34.1 Å². The van der Waals surface area contributed by atoms with Gasteiger partial charge in [-0.25, -0.2) is 0 Å². The SMILES string of the molecule is COCCNCc1cn(C)nc1-c1cccs1. The Morgan fingerprint density at radius 1 is 1.53 bits per heavy atom. The van der Waals surface area contributed by atoms with Gasteiger partial charge in [0.1, 0.15) is 5.69 Å². The Balaban J connectivity index is 2.06. The highest BCUT2D eigenvalue weighted by Gasteiger charge is 2.10. The molecular formula is C12H17N3OS. The van der Waals surface area contributed by atoms with Crippen LogP contribution in [0.5, 0.6) is 0 Å². The number of aryl methyl sites for hydroxylation is 1. The molecular weight excluding hydrogens is 234 g/mol. The Kier molecular flexibility index (Phi) is 4.30. The second-order valence-corrected chi connectivity index (χ2v) is 4.77. The molecule has 2 aromatic rings. The Labute approximate surface area is 105 Å². The zero-order valence-electron chi connectivity index (χ0n) is 10.1. The van der Waals surface area contributed by atoms with Gasteiger partial charge in [-0.15, -0.1) is 11.3 Å². The number of aromatic nitrogens is 2. The van der Waals surface area contributed by atoms with Crippen molar-refractivity contribution < 1.29 is 4.74 Å². The molecule has 0 saturated heterocycles. The second-order valence-electron chi connectivity index (χ2n) is 3.82. The fraction of sp³-hybridized carbons (Fsp3) is 0.417. The minimum absolute atomic E-state index is 0.731. The topological polar surface area (TPSA) is 39.1 Å². The summed E-state index contributed by atoms with van der Waals surface area (Å²) < 4.78 is 6.87. The molecule has 5 heteroatoms. The number of methoxy groups -OCH3 is 1. The van der Waals surface area contributed by atoms with E-state index in [1.807, 2.05) is 11.7 Å². The first-order valence-electron chi connectivity index (χ1n) is 5.57. The predicted octanol–water partition coefficient (Wildman–Crippen LogP) is 1.88. The fourth-order valence-electron chi connectivity index (χ4n) is 1.68. The third-order valence-electron chi connectivity index (χ3n) is 2.46. The molecule has 0 radical (unpaired) electrons. The summed E-state index contributed by atoms with van der Waals surface area (Å²) in [5, 5.41) is 9.93. The van der Waals surface area contributed by atoms with Gasteiger partial charge in [0.15, 0.2) is 0 Å². The van der Waals surface area contributed by atoms with Crippen LogP contribution in [0.3, 0.4) is 0 Å². The summed E-state index contributed by atoms with van der Waals surface area (Å²) in [4.78, 5) is 1.22. The number of hydrogen-bond donors (Lipinski definition) is 1. The monoisotopic (exact) mass is 251 g/mol. The lowest BCUT2D eigenvalue weighted by Crippen LogP contribution is -2.18. The molecule has 0 aliphatic carbocycles. The van der Waals surface area contributed by atoms with Crippen molar-refractivity contribution in [1.82, 2.24) is 15.1 Å². The second kappa shape index (κ2) is 5.95. The van der Waals surface area contributed by atoms with Crippen molar-refractivity contribution in [2.45, 2.75) is 6.54 Å². The lowest BCUT2D eigenvalue weighted by Gasteiger charge is -2.03. The Morgan fingerprint density at radius 2 is 2.41 bits per heavy atom. The van der Waals surface area contributed by atoms with Crippen molar-refractivity contribution in [2.75, 3.05) is 20.3 Å². The van der Waals surface area contributed by atoms with Crippen LogP contribution in [0.15, 0.2) is 23.7 Å². The van der Waals surface area contributed by atoms with Crippen molar-refractivity contribution in [3.8, 4) is 10.6 Å². The first-order chi connectivity index (χ1) is 8.31. The van der Waals surface area contributed by atoms with E-state index in [4.69, 9.17) is 4.74 Å². The minimum Gasteiger partial charge on any atom is -0.383 e. The van der Waals surface area contributed by atoms with Crippen LogP contribution in [0.25, 0.3) is 10.6 Å². The number of rotatable bonds is 6. The molecule has 0 fully saturated rings. The lowest BCUT2D eigenvalue weighted by atomic mass is 10.2. The quantitative estimate of drug-likeness (QED) is 0.797. The largest absolute Gasteiger partial charge is 0.383 e. The van der Waals surface area contributed by atoms with Crippen LogP contribution in [0.4, 0.5) is 0 Å². The molecule has 17 heavy (non-hydrogen) atoms. The third-order valence-corrected chi connectivity index (χ3v) is 3.33. The van der Waals surface area contributed by atoms with Crippen LogP contribution < -0.4 is 5.32 Å². The summed E-state index contributed by atoms with van der Waals surface area (Å²) in [5.74, 6) is 0. The van der Waals surface area contributed by atoms with Gasteiger partial charge in [-0.05, 0) is 11.4 Å². The van der Waals surface area contributed by atoms with E-state index in [-0.39, 0.29) is 0 Å². The maximum Gasteiger partial charge on any atom is 0.107 e. The van der Waals surface area contributed by atoms with Crippen molar-refractivity contribution in [3.05, 3.63) is 29.3 Å². The molecule has 0 aliphatic heterocycles. The fourth-order valence-corrected chi connectivity index (χ4v) is 2.43. The van der Waals surface area contributed by atoms with Crippen LogP contribution in [0.2, 0.25) is 0 Å². The average molecular weight is 251 g/mol. The molecule has 0 saturated carbocycles. The highest BCUT2D eigenvalue weighted by molar-refractivity contribution is 7.13. The first kappa shape index (κ1) is 12.3. The van der Waals surface area contributed by atoms with Crippen LogP contribution >= 0.6 is 11.3 Å². The number of hydrogen-bond acceptors (Lipinski definition) is 4. The first-order valence-corrected chi connectivity index (χ1v) is 6.45. The molecule has 0 amide bonds. The number of ether oxygens (including phenoxy) is 1. The Morgan fingerprint density at radius 3 is 3.12 bits per heavy atom. The van der Waals surface area contributed by atoms with E-state index < -0.39 is 0 Å². The Hall–Kier alpha value is -1.17. The van der Waals surface area contributed by atoms with E-state index in [0.717, 1.165) is 25.4 Å². The molecule has 0 aromatic carbocycles.